The molecule has 6 nitrogen and oxygen atoms in total. The third kappa shape index (κ3) is 3.25. The lowest BCUT2D eigenvalue weighted by Gasteiger charge is -2.27. The minimum absolute atomic E-state index is 0.0394. The number of carbonyl (C=O) groups is 4. The maximum atomic E-state index is 13.9. The first-order valence-corrected chi connectivity index (χ1v) is 12.1. The summed E-state index contributed by atoms with van der Waals surface area (Å²) in [5.41, 5.74) is -3.52. The van der Waals surface area contributed by atoms with Crippen molar-refractivity contribution in [2.75, 3.05) is 4.90 Å². The number of benzene rings is 3. The fourth-order valence-corrected chi connectivity index (χ4v) is 5.95. The predicted molar refractivity (Wildman–Crippen MR) is 129 cm³/mol. The third-order valence-electron chi connectivity index (χ3n) is 7.23. The van der Waals surface area contributed by atoms with Crippen LogP contribution in [0, 0.1) is 11.8 Å². The number of fused-ring (bicyclic) bond motifs is 3. The van der Waals surface area contributed by atoms with E-state index in [-0.39, 0.29) is 16.8 Å². The summed E-state index contributed by atoms with van der Waals surface area (Å²) >= 11 is 11.7. The van der Waals surface area contributed by atoms with Gasteiger partial charge in [0.25, 0.3) is 0 Å². The van der Waals surface area contributed by atoms with E-state index in [2.05, 4.69) is 0 Å². The molecule has 3 aromatic rings. The molecule has 1 spiro atoms. The molecular formula is C27H14Cl2F3NO5. The van der Waals surface area contributed by atoms with Crippen LogP contribution in [0.1, 0.15) is 37.9 Å². The number of carbonyl (C=O) groups excluding carboxylic acids is 4. The second-order valence-electron chi connectivity index (χ2n) is 9.21. The average Bonchev–Trinajstić information content (AvgIpc) is 3.44. The number of ether oxygens (including phenoxy) is 1. The van der Waals surface area contributed by atoms with E-state index < -0.39 is 63.7 Å². The molecule has 0 bridgehead atoms. The Bertz CT molecular complexity index is 1530. The molecule has 3 atom stereocenters. The molecule has 11 heteroatoms. The Morgan fingerprint density at radius 2 is 1.42 bits per heavy atom. The largest absolute Gasteiger partial charge is 0.417 e. The Hall–Kier alpha value is -3.53. The van der Waals surface area contributed by atoms with Gasteiger partial charge in [-0.25, -0.2) is 4.90 Å². The maximum absolute atomic E-state index is 13.9. The Labute approximate surface area is 222 Å². The van der Waals surface area contributed by atoms with Gasteiger partial charge in [0.1, 0.15) is 0 Å². The Morgan fingerprint density at radius 1 is 0.816 bits per heavy atom. The first-order valence-electron chi connectivity index (χ1n) is 11.3. The van der Waals surface area contributed by atoms with Gasteiger partial charge in [0.15, 0.2) is 0 Å². The van der Waals surface area contributed by atoms with Gasteiger partial charge in [-0.15, -0.1) is 0 Å². The molecule has 3 aliphatic rings. The van der Waals surface area contributed by atoms with E-state index in [4.69, 9.17) is 27.9 Å². The summed E-state index contributed by atoms with van der Waals surface area (Å²) < 4.78 is 46.8. The highest BCUT2D eigenvalue weighted by molar-refractivity contribution is 6.37. The quantitative estimate of drug-likeness (QED) is 0.297. The van der Waals surface area contributed by atoms with Crippen LogP contribution in [0.2, 0.25) is 10.0 Å². The average molecular weight is 560 g/mol. The number of rotatable bonds is 2. The zero-order chi connectivity index (χ0) is 27.1. The van der Waals surface area contributed by atoms with Crippen LogP contribution in [0.4, 0.5) is 18.9 Å². The molecule has 192 valence electrons. The van der Waals surface area contributed by atoms with Crippen LogP contribution >= 0.6 is 23.2 Å². The van der Waals surface area contributed by atoms with E-state index in [9.17, 15) is 32.3 Å². The second-order valence-corrected chi connectivity index (χ2v) is 10.1. The molecular weight excluding hydrogens is 546 g/mol. The van der Waals surface area contributed by atoms with Crippen LogP contribution in [0.25, 0.3) is 0 Å². The number of halogens is 5. The van der Waals surface area contributed by atoms with Gasteiger partial charge in [-0.1, -0.05) is 59.6 Å². The lowest BCUT2D eigenvalue weighted by Crippen LogP contribution is -2.51. The normalized spacial score (nSPS) is 23.9. The summed E-state index contributed by atoms with van der Waals surface area (Å²) in [5, 5.41) is -0.245. The van der Waals surface area contributed by atoms with Crippen molar-refractivity contribution in [3.63, 3.8) is 0 Å². The van der Waals surface area contributed by atoms with Crippen LogP contribution < -0.4 is 4.90 Å². The van der Waals surface area contributed by atoms with Gasteiger partial charge < -0.3 is 4.74 Å². The van der Waals surface area contributed by atoms with Gasteiger partial charge in [0.2, 0.25) is 29.0 Å². The lowest BCUT2D eigenvalue weighted by molar-refractivity contribution is -0.137. The van der Waals surface area contributed by atoms with Crippen LogP contribution in [-0.4, -0.2) is 29.0 Å². The minimum atomic E-state index is -4.86. The van der Waals surface area contributed by atoms with E-state index in [0.717, 1.165) is 12.1 Å². The van der Waals surface area contributed by atoms with Crippen molar-refractivity contribution in [3.05, 3.63) is 99.0 Å². The topological polar surface area (TPSA) is 80.8 Å². The van der Waals surface area contributed by atoms with Gasteiger partial charge in [-0.3, -0.25) is 19.2 Å². The highest BCUT2D eigenvalue weighted by Gasteiger charge is 2.74. The number of imide groups is 1. The van der Waals surface area contributed by atoms with Gasteiger partial charge in [0, 0.05) is 16.1 Å². The van der Waals surface area contributed by atoms with Gasteiger partial charge in [-0.05, 0) is 35.9 Å². The highest BCUT2D eigenvalue weighted by atomic mass is 35.5. The SMILES string of the molecule is O=C1[C@H]2[C@@H](c3ccc(Cl)cc3)OC3(C(=O)c4ccccc4C3=O)[C@H]2C(=O)N1c1ccc(Cl)c(C(F)(F)F)c1. The van der Waals surface area contributed by atoms with E-state index >= 15 is 0 Å². The van der Waals surface area contributed by atoms with Crippen molar-refractivity contribution >= 4 is 52.3 Å². The maximum Gasteiger partial charge on any atom is 0.417 e. The first kappa shape index (κ1) is 24.8. The number of hydrogen-bond donors (Lipinski definition) is 0. The molecule has 2 amide bonds. The lowest BCUT2D eigenvalue weighted by atomic mass is 9.77. The van der Waals surface area contributed by atoms with E-state index in [1.165, 1.54) is 36.4 Å². The molecule has 1 aliphatic carbocycles. The van der Waals surface area contributed by atoms with Gasteiger partial charge in [0.05, 0.1) is 34.2 Å². The van der Waals surface area contributed by atoms with Crippen molar-refractivity contribution in [1.29, 1.82) is 0 Å². The second kappa shape index (κ2) is 8.23. The zero-order valence-corrected chi connectivity index (χ0v) is 20.5. The Morgan fingerprint density at radius 3 is 2.00 bits per heavy atom. The van der Waals surface area contributed by atoms with Gasteiger partial charge in [-0.2, -0.15) is 13.2 Å². The van der Waals surface area contributed by atoms with Gasteiger partial charge >= 0.3 is 6.18 Å². The number of nitrogens with zero attached hydrogens (tertiary/aromatic N) is 1. The molecule has 38 heavy (non-hydrogen) atoms. The molecule has 3 aromatic carbocycles. The molecule has 0 unspecified atom stereocenters. The molecule has 6 rings (SSSR count). The number of Topliss-reactive ketones (excluding diaryl/α,β-unsaturated/α-hetero) is 2. The number of alkyl halides is 3. The fraction of sp³-hybridized carbons (Fsp3) is 0.185. The molecule has 0 aromatic heterocycles. The van der Waals surface area contributed by atoms with Crippen LogP contribution in [-0.2, 0) is 20.5 Å². The molecule has 2 saturated heterocycles. The van der Waals surface area contributed by atoms with E-state index in [1.807, 2.05) is 0 Å². The van der Waals surface area contributed by atoms with Crippen LogP contribution in [0.15, 0.2) is 66.7 Å². The Kier molecular flexibility index (Phi) is 5.37. The van der Waals surface area contributed by atoms with E-state index in [0.29, 0.717) is 21.6 Å². The summed E-state index contributed by atoms with van der Waals surface area (Å²) in [4.78, 5) is 55.7. The summed E-state index contributed by atoms with van der Waals surface area (Å²) in [7, 11) is 0. The number of amides is 2. The monoisotopic (exact) mass is 559 g/mol. The van der Waals surface area contributed by atoms with Crippen molar-refractivity contribution in [2.24, 2.45) is 11.8 Å². The zero-order valence-electron chi connectivity index (χ0n) is 19.0. The molecule has 2 heterocycles. The summed E-state index contributed by atoms with van der Waals surface area (Å²) in [5.74, 6) is -6.44. The smallest absolute Gasteiger partial charge is 0.349 e. The Balaban J connectivity index is 1.53. The predicted octanol–water partition coefficient (Wildman–Crippen LogP) is 5.71. The minimum Gasteiger partial charge on any atom is -0.349 e. The van der Waals surface area contributed by atoms with Crippen LogP contribution in [0.5, 0.6) is 0 Å². The van der Waals surface area contributed by atoms with E-state index in [1.54, 1.807) is 12.1 Å². The summed E-state index contributed by atoms with van der Waals surface area (Å²) in [6.07, 6.45) is -6.08. The van der Waals surface area contributed by atoms with Crippen molar-refractivity contribution in [1.82, 2.24) is 0 Å². The molecule has 2 fully saturated rings. The number of ketones is 2. The van der Waals surface area contributed by atoms with Crippen LogP contribution in [0.3, 0.4) is 0 Å². The van der Waals surface area contributed by atoms with Crippen molar-refractivity contribution in [2.45, 2.75) is 17.9 Å². The van der Waals surface area contributed by atoms with Crippen molar-refractivity contribution in [3.8, 4) is 0 Å². The first-order chi connectivity index (χ1) is 18.0. The molecule has 0 saturated carbocycles. The van der Waals surface area contributed by atoms with Crippen molar-refractivity contribution < 1.29 is 37.1 Å². The standard InChI is InChI=1S/C27H14Cl2F3NO5/c28-13-7-5-12(6-8-13)21-19-20(26(38-21)22(34)15-3-1-2-4-16(15)23(26)35)25(37)33(24(19)36)14-9-10-18(29)17(11-14)27(30,31)32/h1-11,19-21H/t19-,20-,21-/m1/s1. The molecule has 0 radical (unpaired) electrons. The molecule has 0 N–H and O–H groups in total. The number of anilines is 1. The summed E-state index contributed by atoms with van der Waals surface area (Å²) in [6.45, 7) is 0. The highest BCUT2D eigenvalue weighted by Crippen LogP contribution is 2.58. The third-order valence-corrected chi connectivity index (χ3v) is 7.81. The fourth-order valence-electron chi connectivity index (χ4n) is 5.59. The number of hydrogen-bond acceptors (Lipinski definition) is 5. The molecule has 2 aliphatic heterocycles. The summed E-state index contributed by atoms with van der Waals surface area (Å²) in [6, 6.07) is 14.7.